The third kappa shape index (κ3) is 2.68. The largest absolute Gasteiger partial charge is 0.497 e. The zero-order valence-corrected chi connectivity index (χ0v) is 11.2. The molecule has 5 heteroatoms. The molecule has 0 unspecified atom stereocenters. The van der Waals surface area contributed by atoms with Crippen molar-refractivity contribution in [3.05, 3.63) is 29.6 Å². The first-order valence-electron chi connectivity index (χ1n) is 5.83. The number of imidazole rings is 1. The zero-order chi connectivity index (χ0) is 13.8. The maximum atomic E-state index is 8.74. The maximum absolute atomic E-state index is 8.74. The molecule has 1 aromatic heterocycles. The Morgan fingerprint density at radius 1 is 1.21 bits per heavy atom. The van der Waals surface area contributed by atoms with Gasteiger partial charge in [-0.25, -0.2) is 4.98 Å². The Balaban J connectivity index is 2.46. The Labute approximate surface area is 111 Å². The average Bonchev–Trinajstić information content (AvgIpc) is 2.80. The minimum absolute atomic E-state index is 0.295. The van der Waals surface area contributed by atoms with E-state index in [2.05, 4.69) is 16.0 Å². The number of nitriles is 1. The Kier molecular flexibility index (Phi) is 3.71. The van der Waals surface area contributed by atoms with E-state index < -0.39 is 0 Å². The van der Waals surface area contributed by atoms with Crippen LogP contribution in [0, 0.1) is 18.3 Å². The van der Waals surface area contributed by atoms with Crippen LogP contribution in [0.4, 0.5) is 0 Å². The molecule has 1 aromatic carbocycles. The van der Waals surface area contributed by atoms with Crippen molar-refractivity contribution in [3.63, 3.8) is 0 Å². The molecule has 19 heavy (non-hydrogen) atoms. The van der Waals surface area contributed by atoms with E-state index >= 15 is 0 Å². The number of H-pyrrole nitrogens is 1. The molecular formula is C14H15N3O2. The summed E-state index contributed by atoms with van der Waals surface area (Å²) in [5.41, 5.74) is 2.53. The highest BCUT2D eigenvalue weighted by Crippen LogP contribution is 2.28. The molecule has 1 heterocycles. The van der Waals surface area contributed by atoms with E-state index in [1.807, 2.05) is 19.1 Å². The lowest BCUT2D eigenvalue weighted by Crippen LogP contribution is -1.90. The summed E-state index contributed by atoms with van der Waals surface area (Å²) in [4.78, 5) is 7.61. The second kappa shape index (κ2) is 5.44. The van der Waals surface area contributed by atoms with Crippen molar-refractivity contribution >= 4 is 0 Å². The molecule has 98 valence electrons. The van der Waals surface area contributed by atoms with Crippen LogP contribution in [0.15, 0.2) is 18.2 Å². The lowest BCUT2D eigenvalue weighted by atomic mass is 10.2. The number of nitrogens with zero attached hydrogens (tertiary/aromatic N) is 2. The van der Waals surface area contributed by atoms with Crippen LogP contribution in [0.3, 0.4) is 0 Å². The van der Waals surface area contributed by atoms with Gasteiger partial charge in [-0.2, -0.15) is 5.26 Å². The molecule has 0 radical (unpaired) electrons. The van der Waals surface area contributed by atoms with Crippen molar-refractivity contribution in [1.29, 1.82) is 5.26 Å². The molecule has 0 aliphatic carbocycles. The summed E-state index contributed by atoms with van der Waals surface area (Å²) in [6, 6.07) is 7.65. The van der Waals surface area contributed by atoms with E-state index in [-0.39, 0.29) is 0 Å². The molecule has 5 nitrogen and oxygen atoms in total. The van der Waals surface area contributed by atoms with Gasteiger partial charge in [0.05, 0.1) is 32.4 Å². The molecule has 0 aliphatic heterocycles. The van der Waals surface area contributed by atoms with E-state index in [1.54, 1.807) is 20.3 Å². The van der Waals surface area contributed by atoms with Crippen molar-refractivity contribution in [2.75, 3.05) is 14.2 Å². The van der Waals surface area contributed by atoms with Gasteiger partial charge in [0, 0.05) is 17.3 Å². The van der Waals surface area contributed by atoms with Gasteiger partial charge in [-0.1, -0.05) is 0 Å². The van der Waals surface area contributed by atoms with E-state index in [1.165, 1.54) is 0 Å². The summed E-state index contributed by atoms with van der Waals surface area (Å²) in [7, 11) is 3.21. The smallest absolute Gasteiger partial charge is 0.138 e. The molecule has 2 rings (SSSR count). The fraction of sp³-hybridized carbons (Fsp3) is 0.286. The Morgan fingerprint density at radius 3 is 2.37 bits per heavy atom. The predicted octanol–water partition coefficient (Wildman–Crippen LogP) is 2.47. The van der Waals surface area contributed by atoms with E-state index in [9.17, 15) is 0 Å². The van der Waals surface area contributed by atoms with E-state index in [0.29, 0.717) is 23.7 Å². The van der Waals surface area contributed by atoms with Crippen LogP contribution in [0.1, 0.15) is 11.4 Å². The first-order chi connectivity index (χ1) is 9.17. The molecular weight excluding hydrogens is 242 g/mol. The van der Waals surface area contributed by atoms with Gasteiger partial charge in [0.1, 0.15) is 17.3 Å². The summed E-state index contributed by atoms with van der Waals surface area (Å²) in [5.74, 6) is 2.11. The topological polar surface area (TPSA) is 70.9 Å². The van der Waals surface area contributed by atoms with Crippen LogP contribution in [-0.2, 0) is 6.42 Å². The number of aryl methyl sites for hydroxylation is 1. The highest BCUT2D eigenvalue weighted by molar-refractivity contribution is 5.61. The van der Waals surface area contributed by atoms with Gasteiger partial charge < -0.3 is 14.5 Å². The molecule has 0 saturated heterocycles. The molecule has 0 saturated carbocycles. The van der Waals surface area contributed by atoms with Gasteiger partial charge >= 0.3 is 0 Å². The van der Waals surface area contributed by atoms with Gasteiger partial charge in [0.25, 0.3) is 0 Å². The van der Waals surface area contributed by atoms with Crippen molar-refractivity contribution in [3.8, 4) is 29.0 Å². The van der Waals surface area contributed by atoms with Crippen LogP contribution in [-0.4, -0.2) is 24.2 Å². The highest BCUT2D eigenvalue weighted by Gasteiger charge is 2.10. The fourth-order valence-electron chi connectivity index (χ4n) is 1.82. The molecule has 0 spiro atoms. The third-order valence-electron chi connectivity index (χ3n) is 2.86. The van der Waals surface area contributed by atoms with Crippen molar-refractivity contribution in [2.45, 2.75) is 13.3 Å². The number of hydrogen-bond donors (Lipinski definition) is 1. The standard InChI is InChI=1S/C14H15N3O2/c1-9-13(4-5-15)17-14(16-9)10-6-11(18-2)8-12(7-10)19-3/h6-8H,4H2,1-3H3,(H,16,17). The number of methoxy groups -OCH3 is 2. The number of benzene rings is 1. The number of aromatic nitrogens is 2. The van der Waals surface area contributed by atoms with Crippen LogP contribution < -0.4 is 9.47 Å². The van der Waals surface area contributed by atoms with Crippen LogP contribution in [0.25, 0.3) is 11.4 Å². The third-order valence-corrected chi connectivity index (χ3v) is 2.86. The number of rotatable bonds is 4. The molecule has 0 amide bonds. The second-order valence-corrected chi connectivity index (χ2v) is 4.09. The highest BCUT2D eigenvalue weighted by atomic mass is 16.5. The van der Waals surface area contributed by atoms with E-state index in [0.717, 1.165) is 17.0 Å². The molecule has 0 aliphatic rings. The molecule has 2 aromatic rings. The summed E-state index contributed by atoms with van der Waals surface area (Å²) >= 11 is 0. The predicted molar refractivity (Wildman–Crippen MR) is 71.2 cm³/mol. The average molecular weight is 257 g/mol. The SMILES string of the molecule is COc1cc(OC)cc(-c2nc(CC#N)c(C)[nH]2)c1. The summed E-state index contributed by atoms with van der Waals surface area (Å²) in [6.07, 6.45) is 0.295. The normalized spacial score (nSPS) is 10.0. The van der Waals surface area contributed by atoms with Crippen LogP contribution in [0.2, 0.25) is 0 Å². The quantitative estimate of drug-likeness (QED) is 0.913. The fourth-order valence-corrected chi connectivity index (χ4v) is 1.82. The van der Waals surface area contributed by atoms with Gasteiger partial charge in [-0.15, -0.1) is 0 Å². The van der Waals surface area contributed by atoms with Gasteiger partial charge in [0.2, 0.25) is 0 Å². The molecule has 1 N–H and O–H groups in total. The molecule has 0 atom stereocenters. The molecule has 0 bridgehead atoms. The van der Waals surface area contributed by atoms with Crippen LogP contribution >= 0.6 is 0 Å². The first kappa shape index (κ1) is 13.0. The number of nitrogens with one attached hydrogen (secondary N) is 1. The lowest BCUT2D eigenvalue weighted by molar-refractivity contribution is 0.394. The van der Waals surface area contributed by atoms with Crippen molar-refractivity contribution in [1.82, 2.24) is 9.97 Å². The lowest BCUT2D eigenvalue weighted by Gasteiger charge is -2.06. The van der Waals surface area contributed by atoms with Crippen LogP contribution in [0.5, 0.6) is 11.5 Å². The van der Waals surface area contributed by atoms with Gasteiger partial charge in [-0.05, 0) is 19.1 Å². The summed E-state index contributed by atoms with van der Waals surface area (Å²) < 4.78 is 10.5. The Morgan fingerprint density at radius 2 is 1.84 bits per heavy atom. The maximum Gasteiger partial charge on any atom is 0.138 e. The Hall–Kier alpha value is -2.48. The van der Waals surface area contributed by atoms with Gasteiger partial charge in [-0.3, -0.25) is 0 Å². The minimum atomic E-state index is 0.295. The first-order valence-corrected chi connectivity index (χ1v) is 5.83. The number of ether oxygens (including phenoxy) is 2. The number of aromatic amines is 1. The second-order valence-electron chi connectivity index (χ2n) is 4.09. The van der Waals surface area contributed by atoms with E-state index in [4.69, 9.17) is 14.7 Å². The number of hydrogen-bond acceptors (Lipinski definition) is 4. The zero-order valence-electron chi connectivity index (χ0n) is 11.2. The molecule has 0 fully saturated rings. The van der Waals surface area contributed by atoms with Crippen molar-refractivity contribution < 1.29 is 9.47 Å². The minimum Gasteiger partial charge on any atom is -0.497 e. The summed E-state index contributed by atoms with van der Waals surface area (Å²) in [6.45, 7) is 1.90. The van der Waals surface area contributed by atoms with Crippen molar-refractivity contribution in [2.24, 2.45) is 0 Å². The monoisotopic (exact) mass is 257 g/mol. The summed E-state index contributed by atoms with van der Waals surface area (Å²) in [5, 5.41) is 8.74. The Bertz CT molecular complexity index is 604. The van der Waals surface area contributed by atoms with Gasteiger partial charge in [0.15, 0.2) is 0 Å².